The third kappa shape index (κ3) is 5.98. The number of benzene rings is 1. The fraction of sp³-hybridized carbons (Fsp3) is 0.333. The van der Waals surface area contributed by atoms with Crippen LogP contribution in [-0.4, -0.2) is 28.0 Å². The summed E-state index contributed by atoms with van der Waals surface area (Å²) in [5.41, 5.74) is -0.0435. The molecule has 29 heavy (non-hydrogen) atoms. The van der Waals surface area contributed by atoms with Crippen molar-refractivity contribution < 1.29 is 23.0 Å². The lowest BCUT2D eigenvalue weighted by Crippen LogP contribution is -2.23. The number of nitrogens with zero attached hydrogens (tertiary/aromatic N) is 2. The number of aromatic nitrogens is 2. The second-order valence-corrected chi connectivity index (χ2v) is 8.42. The first kappa shape index (κ1) is 23.7. The van der Waals surface area contributed by atoms with Crippen LogP contribution in [0.4, 0.5) is 8.78 Å². The zero-order chi connectivity index (χ0) is 22.1. The van der Waals surface area contributed by atoms with Crippen molar-refractivity contribution in [3.63, 3.8) is 0 Å². The van der Waals surface area contributed by atoms with Gasteiger partial charge in [-0.05, 0) is 44.5 Å². The molecule has 11 heteroatoms. The van der Waals surface area contributed by atoms with Gasteiger partial charge in [0.15, 0.2) is 0 Å². The second kappa shape index (κ2) is 9.08. The van der Waals surface area contributed by atoms with Gasteiger partial charge in [0.1, 0.15) is 21.3 Å². The van der Waals surface area contributed by atoms with E-state index in [1.807, 2.05) is 0 Å². The molecule has 0 saturated heterocycles. The Morgan fingerprint density at radius 1 is 1.21 bits per heavy atom. The molecule has 0 aliphatic heterocycles. The Morgan fingerprint density at radius 2 is 1.83 bits per heavy atom. The summed E-state index contributed by atoms with van der Waals surface area (Å²) in [6, 6.07) is 2.86. The van der Waals surface area contributed by atoms with Gasteiger partial charge in [-0.15, -0.1) is 0 Å². The number of hydrogen-bond donors (Lipinski definition) is 0. The van der Waals surface area contributed by atoms with Crippen LogP contribution in [0.1, 0.15) is 26.3 Å². The minimum atomic E-state index is -3.08. The van der Waals surface area contributed by atoms with Gasteiger partial charge in [0, 0.05) is 17.6 Å². The first-order valence-corrected chi connectivity index (χ1v) is 9.58. The van der Waals surface area contributed by atoms with Crippen molar-refractivity contribution in [3.05, 3.63) is 37.8 Å². The lowest BCUT2D eigenvalue weighted by Gasteiger charge is -2.19. The van der Waals surface area contributed by atoms with E-state index < -0.39 is 18.2 Å². The normalized spacial score (nSPS) is 12.4. The second-order valence-electron chi connectivity index (χ2n) is 6.82. The van der Waals surface area contributed by atoms with E-state index in [-0.39, 0.29) is 37.2 Å². The summed E-state index contributed by atoms with van der Waals surface area (Å²) in [4.78, 5) is 12.1. The number of carbonyl (C=O) groups is 1. The summed E-state index contributed by atoms with van der Waals surface area (Å²) in [5, 5.41) is 4.05. The van der Waals surface area contributed by atoms with Gasteiger partial charge in [-0.2, -0.15) is 13.9 Å². The zero-order valence-corrected chi connectivity index (χ0v) is 18.7. The molecule has 1 heterocycles. The van der Waals surface area contributed by atoms with Gasteiger partial charge in [-0.25, -0.2) is 9.48 Å². The fourth-order valence-electron chi connectivity index (χ4n) is 2.25. The van der Waals surface area contributed by atoms with Crippen molar-refractivity contribution in [2.75, 3.05) is 0 Å². The molecule has 158 valence electrons. The quantitative estimate of drug-likeness (QED) is 0.353. The largest absolute Gasteiger partial charge is 0.456 e. The fourth-order valence-corrected chi connectivity index (χ4v) is 3.24. The van der Waals surface area contributed by atoms with Crippen LogP contribution >= 0.6 is 46.4 Å². The van der Waals surface area contributed by atoms with E-state index in [9.17, 15) is 13.6 Å². The maximum atomic E-state index is 12.6. The molecule has 2 aromatic rings. The van der Waals surface area contributed by atoms with Crippen LogP contribution in [0.5, 0.6) is 5.88 Å². The molecule has 0 saturated carbocycles. The van der Waals surface area contributed by atoms with Crippen molar-refractivity contribution in [2.45, 2.75) is 33.0 Å². The number of alkyl halides is 2. The number of aryl methyl sites for hydroxylation is 1. The maximum absolute atomic E-state index is 12.6. The molecule has 0 spiro atoms. The summed E-state index contributed by atoms with van der Waals surface area (Å²) in [5.74, 6) is -1.07. The first-order valence-electron chi connectivity index (χ1n) is 8.07. The number of rotatable bonds is 5. The van der Waals surface area contributed by atoms with Gasteiger partial charge >= 0.3 is 12.6 Å². The van der Waals surface area contributed by atoms with E-state index in [1.54, 1.807) is 20.8 Å². The number of ether oxygens (including phenoxy) is 2. The van der Waals surface area contributed by atoms with Crippen LogP contribution < -0.4 is 4.74 Å². The average Bonchev–Trinajstić information content (AvgIpc) is 2.83. The molecule has 0 bridgehead atoms. The molecule has 0 aliphatic carbocycles. The third-order valence-electron chi connectivity index (χ3n) is 3.36. The van der Waals surface area contributed by atoms with Crippen molar-refractivity contribution in [3.8, 4) is 17.1 Å². The van der Waals surface area contributed by atoms with E-state index in [4.69, 9.17) is 51.1 Å². The molecule has 2 rings (SSSR count). The highest BCUT2D eigenvalue weighted by Gasteiger charge is 2.23. The smallest absolute Gasteiger partial charge is 0.388 e. The van der Waals surface area contributed by atoms with Gasteiger partial charge in [-0.3, -0.25) is 0 Å². The Bertz CT molecular complexity index is 969. The molecule has 0 unspecified atom stereocenters. The number of halogens is 6. The van der Waals surface area contributed by atoms with Crippen LogP contribution in [0.2, 0.25) is 15.1 Å². The molecular weight excluding hydrogens is 472 g/mol. The number of esters is 1. The third-order valence-corrected chi connectivity index (χ3v) is 4.60. The van der Waals surface area contributed by atoms with Gasteiger partial charge in [0.05, 0.1) is 5.02 Å². The number of hydrogen-bond acceptors (Lipinski definition) is 4. The first-order chi connectivity index (χ1) is 13.3. The molecule has 5 nitrogen and oxygen atoms in total. The molecular formula is C18H16Cl4F2N2O3. The molecule has 0 N–H and O–H groups in total. The van der Waals surface area contributed by atoms with Crippen LogP contribution in [0.3, 0.4) is 0 Å². The summed E-state index contributed by atoms with van der Waals surface area (Å²) in [6.07, 6.45) is 1.30. The minimum Gasteiger partial charge on any atom is -0.456 e. The van der Waals surface area contributed by atoms with Crippen LogP contribution in [0, 0.1) is 0 Å². The average molecular weight is 488 g/mol. The topological polar surface area (TPSA) is 53.4 Å². The van der Waals surface area contributed by atoms with Gasteiger partial charge in [0.2, 0.25) is 5.88 Å². The van der Waals surface area contributed by atoms with Crippen LogP contribution in [-0.2, 0) is 16.6 Å². The van der Waals surface area contributed by atoms with Crippen molar-refractivity contribution in [1.29, 1.82) is 0 Å². The van der Waals surface area contributed by atoms with Gasteiger partial charge in [-0.1, -0.05) is 46.4 Å². The Hall–Kier alpha value is -1.54. The Balaban J connectivity index is 2.50. The van der Waals surface area contributed by atoms with Gasteiger partial charge in [0.25, 0.3) is 0 Å². The number of carbonyl (C=O) groups excluding carboxylic acids is 1. The summed E-state index contributed by atoms with van der Waals surface area (Å²) < 4.78 is 35.8. The standard InChI is InChI=1S/C18H16Cl4F2N2O3/c1-18(2,3)29-16(27)12(21)6-8-5-9(11(20)7-10(8)19)14-13(22)15(26(4)25-14)28-17(23)24/h5-7,17H,1-4H3/b12-6-. The van der Waals surface area contributed by atoms with E-state index in [2.05, 4.69) is 9.84 Å². The van der Waals surface area contributed by atoms with Gasteiger partial charge < -0.3 is 9.47 Å². The molecule has 0 fully saturated rings. The highest BCUT2D eigenvalue weighted by molar-refractivity contribution is 6.44. The SMILES string of the molecule is Cn1nc(-c2cc(/C=C(\Cl)C(=O)OC(C)(C)C)c(Cl)cc2Cl)c(Cl)c1OC(F)F. The van der Waals surface area contributed by atoms with Crippen molar-refractivity contribution in [2.24, 2.45) is 7.05 Å². The molecule has 0 aliphatic rings. The zero-order valence-electron chi connectivity index (χ0n) is 15.7. The van der Waals surface area contributed by atoms with E-state index in [1.165, 1.54) is 25.3 Å². The minimum absolute atomic E-state index is 0.0922. The lowest BCUT2D eigenvalue weighted by atomic mass is 10.1. The predicted molar refractivity (Wildman–Crippen MR) is 110 cm³/mol. The molecule has 1 aromatic carbocycles. The summed E-state index contributed by atoms with van der Waals surface area (Å²) >= 11 is 24.6. The van der Waals surface area contributed by atoms with Crippen LogP contribution in [0.15, 0.2) is 17.2 Å². The highest BCUT2D eigenvalue weighted by Crippen LogP contribution is 2.40. The summed E-state index contributed by atoms with van der Waals surface area (Å²) in [6.45, 7) is 2.02. The van der Waals surface area contributed by atoms with E-state index >= 15 is 0 Å². The van der Waals surface area contributed by atoms with Crippen molar-refractivity contribution in [1.82, 2.24) is 9.78 Å². The van der Waals surface area contributed by atoms with Crippen molar-refractivity contribution >= 4 is 58.4 Å². The molecule has 0 amide bonds. The lowest BCUT2D eigenvalue weighted by molar-refractivity contribution is -0.148. The Morgan fingerprint density at radius 3 is 2.38 bits per heavy atom. The van der Waals surface area contributed by atoms with E-state index in [0.717, 1.165) is 4.68 Å². The highest BCUT2D eigenvalue weighted by atomic mass is 35.5. The molecule has 0 atom stereocenters. The molecule has 0 radical (unpaired) electrons. The molecule has 1 aromatic heterocycles. The Kier molecular flexibility index (Phi) is 7.43. The monoisotopic (exact) mass is 486 g/mol. The maximum Gasteiger partial charge on any atom is 0.388 e. The Labute approximate surface area is 186 Å². The predicted octanol–water partition coefficient (Wildman–Crippen LogP) is 6.57. The van der Waals surface area contributed by atoms with Crippen LogP contribution in [0.25, 0.3) is 17.3 Å². The van der Waals surface area contributed by atoms with E-state index in [0.29, 0.717) is 5.56 Å². The summed E-state index contributed by atoms with van der Waals surface area (Å²) in [7, 11) is 1.39.